The molecule has 3 aromatic rings. The van der Waals surface area contributed by atoms with Crippen molar-refractivity contribution in [1.29, 1.82) is 0 Å². The first kappa shape index (κ1) is 30.5. The van der Waals surface area contributed by atoms with E-state index in [9.17, 15) is 19.2 Å². The van der Waals surface area contributed by atoms with E-state index in [1.807, 2.05) is 12.1 Å². The number of esters is 1. The van der Waals surface area contributed by atoms with Crippen molar-refractivity contribution in [3.63, 3.8) is 0 Å². The quantitative estimate of drug-likeness (QED) is 0.154. The number of amides is 2. The van der Waals surface area contributed by atoms with Crippen molar-refractivity contribution >= 4 is 45.4 Å². The molecule has 0 bridgehead atoms. The highest BCUT2D eigenvalue weighted by atomic mass is 79.9. The van der Waals surface area contributed by atoms with Gasteiger partial charge in [0.1, 0.15) is 13.2 Å². The summed E-state index contributed by atoms with van der Waals surface area (Å²) < 4.78 is 17.3. The van der Waals surface area contributed by atoms with Gasteiger partial charge in [-0.15, -0.1) is 0 Å². The summed E-state index contributed by atoms with van der Waals surface area (Å²) >= 11 is 3.40. The second-order valence-electron chi connectivity index (χ2n) is 9.63. The van der Waals surface area contributed by atoms with Gasteiger partial charge in [0.25, 0.3) is 0 Å². The lowest BCUT2D eigenvalue weighted by molar-refractivity contribution is -0.165. The Kier molecular flexibility index (Phi) is 9.80. The zero-order valence-electron chi connectivity index (χ0n) is 23.3. The molecule has 9 nitrogen and oxygen atoms in total. The third kappa shape index (κ3) is 6.38. The number of hydrogen-bond acceptors (Lipinski definition) is 7. The van der Waals surface area contributed by atoms with E-state index >= 15 is 0 Å². The van der Waals surface area contributed by atoms with Gasteiger partial charge < -0.3 is 14.2 Å². The number of nitrogens with zero attached hydrogens (tertiary/aromatic N) is 2. The normalized spacial score (nSPS) is 17.8. The van der Waals surface area contributed by atoms with Crippen LogP contribution < -0.4 is 0 Å². The van der Waals surface area contributed by atoms with Gasteiger partial charge in [-0.3, -0.25) is 4.79 Å². The van der Waals surface area contributed by atoms with Crippen LogP contribution >= 0.6 is 15.9 Å². The number of ketones is 1. The van der Waals surface area contributed by atoms with Crippen LogP contribution in [0.2, 0.25) is 0 Å². The molecule has 0 spiro atoms. The van der Waals surface area contributed by atoms with Crippen LogP contribution in [0.1, 0.15) is 37.0 Å². The van der Waals surface area contributed by atoms with Gasteiger partial charge in [0, 0.05) is 10.9 Å². The minimum absolute atomic E-state index is 0.0580. The maximum atomic E-state index is 13.8. The average Bonchev–Trinajstić information content (AvgIpc) is 3.38. The number of rotatable bonds is 9. The van der Waals surface area contributed by atoms with Gasteiger partial charge in [0.15, 0.2) is 5.78 Å². The predicted octanol–water partition coefficient (Wildman–Crippen LogP) is 6.32. The van der Waals surface area contributed by atoms with E-state index in [0.717, 1.165) is 14.5 Å². The van der Waals surface area contributed by atoms with Gasteiger partial charge >= 0.3 is 18.2 Å². The molecule has 1 saturated heterocycles. The molecule has 0 radical (unpaired) electrons. The summed E-state index contributed by atoms with van der Waals surface area (Å²) in [7, 11) is 0. The Balaban J connectivity index is 1.79. The first-order chi connectivity index (χ1) is 20.2. The van der Waals surface area contributed by atoms with Gasteiger partial charge in [0.05, 0.1) is 12.6 Å². The molecule has 42 heavy (non-hydrogen) atoms. The highest BCUT2D eigenvalue weighted by molar-refractivity contribution is 9.10. The van der Waals surface area contributed by atoms with Crippen LogP contribution in [-0.2, 0) is 37.0 Å². The third-order valence-corrected chi connectivity index (χ3v) is 7.47. The Hall–Kier alpha value is -4.44. The zero-order chi connectivity index (χ0) is 30.3. The minimum atomic E-state index is -2.21. The largest absolute Gasteiger partial charge is 0.464 e. The predicted molar refractivity (Wildman–Crippen MR) is 159 cm³/mol. The maximum absolute atomic E-state index is 13.8. The van der Waals surface area contributed by atoms with E-state index in [1.54, 1.807) is 79.7 Å². The van der Waals surface area contributed by atoms with Crippen LogP contribution in [0.3, 0.4) is 0 Å². The SMILES string of the molecule is C=C(c1ccc(Br)cc1)[C@H]1C[C@@](C(C)=O)(C(=O)OCC)N(C(=O)OCc2ccccc2)N1C(=O)OCc1ccccc1. The number of halogens is 1. The van der Waals surface area contributed by atoms with Crippen molar-refractivity contribution in [3.05, 3.63) is 113 Å². The molecule has 2 amide bonds. The van der Waals surface area contributed by atoms with Crippen LogP contribution in [0.5, 0.6) is 0 Å². The minimum Gasteiger partial charge on any atom is -0.464 e. The third-order valence-electron chi connectivity index (χ3n) is 6.94. The van der Waals surface area contributed by atoms with E-state index in [1.165, 1.54) is 6.92 Å². The van der Waals surface area contributed by atoms with E-state index in [0.29, 0.717) is 22.3 Å². The molecule has 4 rings (SSSR count). The number of carbonyl (C=O) groups is 4. The van der Waals surface area contributed by atoms with Crippen molar-refractivity contribution < 1.29 is 33.4 Å². The molecule has 0 saturated carbocycles. The molecule has 1 aliphatic heterocycles. The highest BCUT2D eigenvalue weighted by Gasteiger charge is 2.65. The van der Waals surface area contributed by atoms with Gasteiger partial charge in [-0.05, 0) is 48.2 Å². The Bertz CT molecular complexity index is 1450. The molecule has 0 aliphatic carbocycles. The van der Waals surface area contributed by atoms with Crippen LogP contribution in [0.15, 0.2) is 96.0 Å². The van der Waals surface area contributed by atoms with Crippen LogP contribution in [0.4, 0.5) is 9.59 Å². The average molecular weight is 636 g/mol. The lowest BCUT2D eigenvalue weighted by Gasteiger charge is -2.37. The fourth-order valence-corrected chi connectivity index (χ4v) is 5.04. The summed E-state index contributed by atoms with van der Waals surface area (Å²) in [5.74, 6) is -1.69. The summed E-state index contributed by atoms with van der Waals surface area (Å²) in [4.78, 5) is 54.7. The standard InChI is InChI=1S/C32H31BrN2O7/c1-4-40-29(37)32(23(3)36)19-28(22(2)26-15-17-27(33)18-16-26)34(30(38)41-20-24-11-7-5-8-12-24)35(32)31(39)42-21-25-13-9-6-10-14-25/h5-18,28H,2,4,19-21H2,1,3H3/t28-,32-/m1/s1. The Morgan fingerprint density at radius 2 is 1.36 bits per heavy atom. The van der Waals surface area contributed by atoms with E-state index in [2.05, 4.69) is 22.5 Å². The smallest absolute Gasteiger partial charge is 0.430 e. The Morgan fingerprint density at radius 3 is 1.86 bits per heavy atom. The molecule has 1 heterocycles. The van der Waals surface area contributed by atoms with Crippen molar-refractivity contribution in [2.75, 3.05) is 6.61 Å². The van der Waals surface area contributed by atoms with Crippen molar-refractivity contribution in [3.8, 4) is 0 Å². The molecule has 0 unspecified atom stereocenters. The molecular weight excluding hydrogens is 604 g/mol. The number of ether oxygens (including phenoxy) is 3. The first-order valence-electron chi connectivity index (χ1n) is 13.3. The van der Waals surface area contributed by atoms with Crippen LogP contribution in [0, 0.1) is 0 Å². The topological polar surface area (TPSA) is 102 Å². The number of hydrazine groups is 1. The van der Waals surface area contributed by atoms with Crippen LogP contribution in [-0.4, -0.2) is 52.1 Å². The number of carbonyl (C=O) groups excluding carboxylic acids is 4. The summed E-state index contributed by atoms with van der Waals surface area (Å²) in [6, 6.07) is 24.0. The lowest BCUT2D eigenvalue weighted by atomic mass is 9.85. The van der Waals surface area contributed by atoms with Gasteiger partial charge in [-0.25, -0.2) is 19.4 Å². The van der Waals surface area contributed by atoms with E-state index in [-0.39, 0.29) is 26.2 Å². The second-order valence-corrected chi connectivity index (χ2v) is 10.5. The van der Waals surface area contributed by atoms with Gasteiger partial charge in [-0.2, -0.15) is 5.01 Å². The lowest BCUT2D eigenvalue weighted by Crippen LogP contribution is -2.63. The molecule has 10 heteroatoms. The zero-order valence-corrected chi connectivity index (χ0v) is 24.9. The summed E-state index contributed by atoms with van der Waals surface area (Å²) in [5, 5.41) is 1.71. The van der Waals surface area contributed by atoms with Crippen LogP contribution in [0.25, 0.3) is 5.57 Å². The highest BCUT2D eigenvalue weighted by Crippen LogP contribution is 2.42. The molecular formula is C32H31BrN2O7. The number of hydrogen-bond donors (Lipinski definition) is 0. The molecule has 3 aromatic carbocycles. The van der Waals surface area contributed by atoms with Crippen molar-refractivity contribution in [1.82, 2.24) is 10.0 Å². The van der Waals surface area contributed by atoms with Crippen molar-refractivity contribution in [2.24, 2.45) is 0 Å². The maximum Gasteiger partial charge on any atom is 0.430 e. The van der Waals surface area contributed by atoms with E-state index in [4.69, 9.17) is 14.2 Å². The van der Waals surface area contributed by atoms with E-state index < -0.39 is 35.5 Å². The second kappa shape index (κ2) is 13.5. The molecule has 0 aromatic heterocycles. The number of Topliss-reactive ketones (excluding diaryl/α,β-unsaturated/α-hetero) is 1. The monoisotopic (exact) mass is 634 g/mol. The Morgan fingerprint density at radius 1 is 0.833 bits per heavy atom. The molecule has 2 atom stereocenters. The number of benzene rings is 3. The summed E-state index contributed by atoms with van der Waals surface area (Å²) in [5.41, 5.74) is 0.175. The van der Waals surface area contributed by atoms with Gasteiger partial charge in [0.2, 0.25) is 5.54 Å². The molecule has 1 aliphatic rings. The fourth-order valence-electron chi connectivity index (χ4n) is 4.78. The summed E-state index contributed by atoms with van der Waals surface area (Å²) in [6.45, 7) is 6.61. The summed E-state index contributed by atoms with van der Waals surface area (Å²) in [6.07, 6.45) is -2.37. The fraction of sp³-hybridized carbons (Fsp3) is 0.250. The van der Waals surface area contributed by atoms with Gasteiger partial charge in [-0.1, -0.05) is 95.3 Å². The Labute approximate surface area is 252 Å². The molecule has 0 N–H and O–H groups in total. The molecule has 1 fully saturated rings. The van der Waals surface area contributed by atoms with Crippen molar-refractivity contribution in [2.45, 2.75) is 45.1 Å². The first-order valence-corrected chi connectivity index (χ1v) is 14.1. The molecule has 218 valence electrons.